The summed E-state index contributed by atoms with van der Waals surface area (Å²) in [4.78, 5) is 140. The molecular formula is C73H95N7O13. The smallest absolute Gasteiger partial charge is 0.410 e. The highest BCUT2D eigenvalue weighted by atomic mass is 16.6. The Bertz CT molecular complexity index is 3470. The van der Waals surface area contributed by atoms with Crippen LogP contribution in [0.25, 0.3) is 0 Å². The number of benzene rings is 4. The molecule has 1 aliphatic rings. The van der Waals surface area contributed by atoms with Crippen molar-refractivity contribution in [1.29, 1.82) is 0 Å². The van der Waals surface area contributed by atoms with Crippen molar-refractivity contribution in [1.82, 2.24) is 25.8 Å². The van der Waals surface area contributed by atoms with Crippen LogP contribution in [0.2, 0.25) is 0 Å². The van der Waals surface area contributed by atoms with E-state index in [4.69, 9.17) is 15.2 Å². The molecule has 4 aromatic carbocycles. The van der Waals surface area contributed by atoms with E-state index in [-0.39, 0.29) is 93.1 Å². The van der Waals surface area contributed by atoms with Gasteiger partial charge in [-0.05, 0) is 104 Å². The quantitative estimate of drug-likeness (QED) is 0.0147. The van der Waals surface area contributed by atoms with Gasteiger partial charge in [0, 0.05) is 74.4 Å². The Kier molecular flexibility index (Phi) is 26.4. The number of para-hydroxylation sites is 1. The molecule has 0 spiro atoms. The number of carbonyl (C=O) groups is 10. The molecule has 5 atom stereocenters. The lowest BCUT2D eigenvalue weighted by molar-refractivity contribution is -0.144. The van der Waals surface area contributed by atoms with Gasteiger partial charge in [0.15, 0.2) is 5.78 Å². The number of esters is 1. The molecule has 0 bridgehead atoms. The van der Waals surface area contributed by atoms with Gasteiger partial charge in [-0.3, -0.25) is 38.5 Å². The highest BCUT2D eigenvalue weighted by Crippen LogP contribution is 2.34. The second-order valence-corrected chi connectivity index (χ2v) is 27.4. The average Bonchev–Trinajstić information content (AvgIpc) is 1.10. The summed E-state index contributed by atoms with van der Waals surface area (Å²) in [5, 5.41) is 18.0. The largest absolute Gasteiger partial charge is 0.478 e. The standard InChI is InChI=1S/C73H95N7O13/c1-45(2)56(42-55(81)35-36-61(83)80-43-53-25-17-16-23-51(53)33-34-52-24-18-19-28-58(52)80)65(85)76-57(27-21-37-75-69(74)90)60(82)40-48-29-31-49(32-30-48)44-92-62(84)41-50-22-20-26-54(39-50)73(12,13)64(79(15)70(91)93-72(9,10)11)66(86)77-63(71(6,7)8)67(87)78(14)59(46(3)4)38-47(5)68(88)89/h16-20,22-26,28-32,38-39,45-46,56-57,59,63-64H,21,27,35-37,40-44H2,1-15H3,(H,76,85)(H,77,86)(H,88,89)(H3,74,75,90)/b47-38+/t56-,57-,59+,63+,64+/m0/s1. The van der Waals surface area contributed by atoms with Crippen molar-refractivity contribution in [3.8, 4) is 11.8 Å². The summed E-state index contributed by atoms with van der Waals surface area (Å²) in [5.74, 6) is 0.904. The highest BCUT2D eigenvalue weighted by Gasteiger charge is 2.46. The number of carboxylic acid groups (broad SMARTS) is 1. The highest BCUT2D eigenvalue weighted by molar-refractivity contribution is 5.98. The molecule has 4 aromatic rings. The molecule has 20 nitrogen and oxygen atoms in total. The van der Waals surface area contributed by atoms with Crippen LogP contribution in [0.4, 0.5) is 15.3 Å². The zero-order valence-corrected chi connectivity index (χ0v) is 56.7. The van der Waals surface area contributed by atoms with Crippen molar-refractivity contribution >= 4 is 64.9 Å². The molecule has 0 saturated heterocycles. The van der Waals surface area contributed by atoms with Gasteiger partial charge in [0.25, 0.3) is 0 Å². The van der Waals surface area contributed by atoms with Gasteiger partial charge in [0.2, 0.25) is 23.6 Å². The SMILES string of the molecule is C/C(=C\[C@H](C(C)C)N(C)C(=O)[C@@H](NC(=O)[C@@H](N(C)C(=O)OC(C)(C)C)C(C)(C)c1cccc(CC(=O)OCc2ccc(CC(=O)[C@H](CCCNC(N)=O)NC(=O)[C@@H](CC(=O)CCC(=O)N3Cc4ccccc4C#Cc4ccccc43)C(C)C)cc2)c1)C(C)(C)C)C(=O)O. The average molecular weight is 1280 g/mol. The van der Waals surface area contributed by atoms with Crippen LogP contribution in [-0.4, -0.2) is 125 Å². The summed E-state index contributed by atoms with van der Waals surface area (Å²) in [6.45, 7) is 23.2. The van der Waals surface area contributed by atoms with Gasteiger partial charge in [-0.1, -0.05) is 159 Å². The molecule has 20 heteroatoms. The molecule has 0 saturated carbocycles. The minimum absolute atomic E-state index is 0.0606. The fourth-order valence-electron chi connectivity index (χ4n) is 11.1. The van der Waals surface area contributed by atoms with Crippen LogP contribution in [0.1, 0.15) is 161 Å². The van der Waals surface area contributed by atoms with E-state index in [1.807, 2.05) is 76.2 Å². The van der Waals surface area contributed by atoms with E-state index in [0.29, 0.717) is 39.9 Å². The predicted octanol–water partition coefficient (Wildman–Crippen LogP) is 9.53. The molecule has 0 radical (unpaired) electrons. The fourth-order valence-corrected chi connectivity index (χ4v) is 11.1. The number of ether oxygens (including phenoxy) is 2. The second-order valence-electron chi connectivity index (χ2n) is 27.4. The number of aliphatic carboxylic acids is 1. The van der Waals surface area contributed by atoms with Crippen molar-refractivity contribution < 1.29 is 62.5 Å². The van der Waals surface area contributed by atoms with Crippen molar-refractivity contribution in [2.75, 3.05) is 25.5 Å². The number of hydrogen-bond acceptors (Lipinski definition) is 12. The number of carboxylic acids is 1. The molecule has 7 amide bonds. The van der Waals surface area contributed by atoms with E-state index >= 15 is 0 Å². The zero-order valence-electron chi connectivity index (χ0n) is 56.7. The van der Waals surface area contributed by atoms with Gasteiger partial charge in [0.05, 0.1) is 30.7 Å². The number of fused-ring (bicyclic) bond motifs is 2. The van der Waals surface area contributed by atoms with Gasteiger partial charge < -0.3 is 46.1 Å². The number of nitrogens with zero attached hydrogens (tertiary/aromatic N) is 3. The maximum atomic E-state index is 15.0. The Balaban J connectivity index is 1.25. The third-order valence-corrected chi connectivity index (χ3v) is 16.5. The monoisotopic (exact) mass is 1280 g/mol. The molecular weight excluding hydrogens is 1180 g/mol. The van der Waals surface area contributed by atoms with E-state index in [1.165, 1.54) is 29.8 Å². The molecule has 93 heavy (non-hydrogen) atoms. The number of Topliss-reactive ketones (excluding diaryl/α,β-unsaturated/α-hetero) is 2. The van der Waals surface area contributed by atoms with Crippen LogP contribution in [0.3, 0.4) is 0 Å². The number of primary amides is 1. The van der Waals surface area contributed by atoms with E-state index in [0.717, 1.165) is 11.1 Å². The number of nitrogens with one attached hydrogen (secondary N) is 3. The molecule has 1 heterocycles. The molecule has 0 aliphatic carbocycles. The Labute approximate surface area is 548 Å². The van der Waals surface area contributed by atoms with E-state index < -0.39 is 88.3 Å². The van der Waals surface area contributed by atoms with Crippen molar-refractivity contribution in [2.45, 2.75) is 183 Å². The second kappa shape index (κ2) is 32.9. The Morgan fingerprint density at radius 1 is 0.720 bits per heavy atom. The van der Waals surface area contributed by atoms with Crippen LogP contribution in [0, 0.1) is 35.0 Å². The maximum Gasteiger partial charge on any atom is 0.410 e. The summed E-state index contributed by atoms with van der Waals surface area (Å²) in [6, 6.07) is 24.1. The minimum Gasteiger partial charge on any atom is -0.478 e. The van der Waals surface area contributed by atoms with Crippen LogP contribution in [0.15, 0.2) is 109 Å². The number of amides is 7. The first-order valence-electron chi connectivity index (χ1n) is 31.6. The lowest BCUT2D eigenvalue weighted by Gasteiger charge is -2.42. The van der Waals surface area contributed by atoms with Gasteiger partial charge >= 0.3 is 24.1 Å². The van der Waals surface area contributed by atoms with Crippen molar-refractivity contribution in [3.63, 3.8) is 0 Å². The van der Waals surface area contributed by atoms with Crippen LogP contribution < -0.4 is 26.6 Å². The Morgan fingerprint density at radius 2 is 1.34 bits per heavy atom. The molecule has 1 aliphatic heterocycles. The summed E-state index contributed by atoms with van der Waals surface area (Å²) < 4.78 is 11.5. The Hall–Kier alpha value is -9.12. The first-order valence-corrected chi connectivity index (χ1v) is 31.6. The molecule has 5 rings (SSSR count). The maximum absolute atomic E-state index is 15.0. The summed E-state index contributed by atoms with van der Waals surface area (Å²) in [7, 11) is 3.01. The molecule has 0 fully saturated rings. The number of hydrogen-bond donors (Lipinski definition) is 5. The number of carbonyl (C=O) groups excluding carboxylic acids is 9. The van der Waals surface area contributed by atoms with Gasteiger partial charge in [-0.25, -0.2) is 14.4 Å². The van der Waals surface area contributed by atoms with E-state index in [1.54, 1.807) is 116 Å². The number of urea groups is 1. The number of anilines is 1. The number of rotatable bonds is 29. The lowest BCUT2D eigenvalue weighted by Crippen LogP contribution is -2.63. The molecule has 0 unspecified atom stereocenters. The van der Waals surface area contributed by atoms with Gasteiger partial charge in [-0.2, -0.15) is 0 Å². The summed E-state index contributed by atoms with van der Waals surface area (Å²) >= 11 is 0. The third kappa shape index (κ3) is 21.8. The van der Waals surface area contributed by atoms with Crippen LogP contribution in [0.5, 0.6) is 0 Å². The normalized spacial score (nSPS) is 14.0. The molecule has 0 aromatic heterocycles. The topological polar surface area (TPSA) is 281 Å². The van der Waals surface area contributed by atoms with Crippen molar-refractivity contribution in [3.05, 3.63) is 148 Å². The van der Waals surface area contributed by atoms with Crippen LogP contribution in [-0.2, 0) is 79.2 Å². The zero-order chi connectivity index (χ0) is 69.3. The minimum atomic E-state index is -1.28. The summed E-state index contributed by atoms with van der Waals surface area (Å²) in [6.07, 6.45) is 0.591. The van der Waals surface area contributed by atoms with Gasteiger partial charge in [-0.15, -0.1) is 0 Å². The molecule has 6 N–H and O–H groups in total. The Morgan fingerprint density at radius 3 is 1.96 bits per heavy atom. The van der Waals surface area contributed by atoms with E-state index in [9.17, 15) is 53.1 Å². The van der Waals surface area contributed by atoms with E-state index in [2.05, 4.69) is 27.8 Å². The number of nitrogens with two attached hydrogens (primary N) is 1. The number of likely N-dealkylation sites (N-methyl/N-ethyl adjacent to an activating group) is 2. The number of ketones is 2. The first kappa shape index (κ1) is 74.6. The predicted molar refractivity (Wildman–Crippen MR) is 356 cm³/mol. The first-order chi connectivity index (χ1) is 43.5. The fraction of sp³-hybridized carbons (Fsp3) is 0.479. The molecule has 500 valence electrons. The summed E-state index contributed by atoms with van der Waals surface area (Å²) in [5.41, 5.74) is 7.76. The third-order valence-electron chi connectivity index (χ3n) is 16.5. The van der Waals surface area contributed by atoms with Crippen LogP contribution >= 0.6 is 0 Å². The van der Waals surface area contributed by atoms with Gasteiger partial charge in [0.1, 0.15) is 30.1 Å². The van der Waals surface area contributed by atoms with Crippen molar-refractivity contribution in [2.24, 2.45) is 28.9 Å². The lowest BCUT2D eigenvalue weighted by atomic mass is 9.75.